The molecule has 0 aliphatic carbocycles. The average molecular weight is 493 g/mol. The molecular formula is C34H20O2S. The molecule has 0 unspecified atom stereocenters. The Morgan fingerprint density at radius 1 is 0.351 bits per heavy atom. The first-order chi connectivity index (χ1) is 18.1. The van der Waals surface area contributed by atoms with Crippen LogP contribution in [0.3, 0.4) is 0 Å². The van der Waals surface area contributed by atoms with E-state index in [2.05, 4.69) is 78.9 Å². The van der Waals surface area contributed by atoms with Crippen LogP contribution in [-0.4, -0.2) is 8.42 Å². The molecule has 0 aliphatic heterocycles. The predicted octanol–water partition coefficient (Wildman–Crippen LogP) is 8.88. The zero-order valence-electron chi connectivity index (χ0n) is 19.8. The Hall–Kier alpha value is -4.47. The topological polar surface area (TPSA) is 34.1 Å². The van der Waals surface area contributed by atoms with Crippen molar-refractivity contribution in [3.8, 4) is 0 Å². The van der Waals surface area contributed by atoms with E-state index in [0.717, 1.165) is 43.1 Å². The molecule has 2 nitrogen and oxygen atoms in total. The largest absolute Gasteiger partial charge is 0.219 e. The van der Waals surface area contributed by atoms with Crippen LogP contribution < -0.4 is 0 Å². The van der Waals surface area contributed by atoms with E-state index >= 15 is 0 Å². The van der Waals surface area contributed by atoms with Crippen LogP contribution in [0.5, 0.6) is 0 Å². The van der Waals surface area contributed by atoms with E-state index in [1.54, 1.807) is 24.3 Å². The van der Waals surface area contributed by atoms with Crippen molar-refractivity contribution in [2.45, 2.75) is 9.79 Å². The first-order valence-electron chi connectivity index (χ1n) is 12.4. The van der Waals surface area contributed by atoms with E-state index < -0.39 is 9.84 Å². The Morgan fingerprint density at radius 3 is 1.35 bits per heavy atom. The molecule has 0 atom stereocenters. The van der Waals surface area contributed by atoms with E-state index in [9.17, 15) is 8.42 Å². The Bertz CT molecular complexity index is 2290. The molecular weight excluding hydrogens is 472 g/mol. The lowest BCUT2D eigenvalue weighted by Crippen LogP contribution is -2.02. The summed E-state index contributed by atoms with van der Waals surface area (Å²) in [4.78, 5) is 0.621. The molecule has 0 radical (unpaired) electrons. The quantitative estimate of drug-likeness (QED) is 0.226. The second kappa shape index (κ2) is 7.28. The highest BCUT2D eigenvalue weighted by molar-refractivity contribution is 7.91. The molecule has 8 aromatic carbocycles. The molecule has 0 saturated carbocycles. The number of fused-ring (bicyclic) bond motifs is 2. The van der Waals surface area contributed by atoms with Crippen LogP contribution in [0.15, 0.2) is 131 Å². The zero-order chi connectivity index (χ0) is 24.7. The molecule has 0 spiro atoms. The third-order valence-electron chi connectivity index (χ3n) is 7.76. The van der Waals surface area contributed by atoms with Crippen LogP contribution in [0, 0.1) is 0 Å². The smallest absolute Gasteiger partial charge is 0.206 e. The fourth-order valence-electron chi connectivity index (χ4n) is 6.15. The van der Waals surface area contributed by atoms with Gasteiger partial charge in [0, 0.05) is 0 Å². The highest BCUT2D eigenvalue weighted by atomic mass is 32.2. The normalized spacial score (nSPS) is 12.5. The molecule has 0 heterocycles. The van der Waals surface area contributed by atoms with Crippen molar-refractivity contribution in [3.05, 3.63) is 121 Å². The minimum atomic E-state index is -3.70. The average Bonchev–Trinajstić information content (AvgIpc) is 2.95. The van der Waals surface area contributed by atoms with Crippen molar-refractivity contribution in [2.75, 3.05) is 0 Å². The maximum absolute atomic E-state index is 13.8. The minimum Gasteiger partial charge on any atom is -0.219 e. The van der Waals surface area contributed by atoms with E-state index in [0.29, 0.717) is 9.79 Å². The van der Waals surface area contributed by atoms with Gasteiger partial charge in [-0.1, -0.05) is 97.1 Å². The van der Waals surface area contributed by atoms with E-state index in [-0.39, 0.29) is 0 Å². The standard InChI is InChI=1S/C34H20O2S/c35-37(36,25-10-2-1-3-11-25)26-19-24-18-17-23-8-5-13-28-27-12-4-7-21-15-16-22-9-6-14-29(33(22)31(21)27)30(20-26)34(24)32(23)28/h1-20H. The molecule has 174 valence electrons. The van der Waals surface area contributed by atoms with E-state index in [1.165, 1.54) is 21.5 Å². The minimum absolute atomic E-state index is 0.305. The molecule has 3 heteroatoms. The summed E-state index contributed by atoms with van der Waals surface area (Å²) in [7, 11) is -3.70. The van der Waals surface area contributed by atoms with Gasteiger partial charge in [0.2, 0.25) is 9.84 Å². The van der Waals surface area contributed by atoms with Gasteiger partial charge in [0.15, 0.2) is 0 Å². The lowest BCUT2D eigenvalue weighted by Gasteiger charge is -2.17. The van der Waals surface area contributed by atoms with Crippen LogP contribution in [0.1, 0.15) is 0 Å². The van der Waals surface area contributed by atoms with Gasteiger partial charge in [-0.15, -0.1) is 0 Å². The molecule has 0 bridgehead atoms. The van der Waals surface area contributed by atoms with Crippen LogP contribution in [-0.2, 0) is 9.84 Å². The summed E-state index contributed by atoms with van der Waals surface area (Å²) < 4.78 is 27.6. The van der Waals surface area contributed by atoms with Crippen LogP contribution in [0.2, 0.25) is 0 Å². The number of rotatable bonds is 2. The molecule has 0 fully saturated rings. The summed E-state index contributed by atoms with van der Waals surface area (Å²) in [6.45, 7) is 0. The molecule has 0 amide bonds. The third kappa shape index (κ3) is 2.78. The molecule has 0 aliphatic rings. The molecule has 8 rings (SSSR count). The first kappa shape index (κ1) is 20.7. The lowest BCUT2D eigenvalue weighted by molar-refractivity contribution is 0.596. The van der Waals surface area contributed by atoms with Crippen molar-refractivity contribution in [1.82, 2.24) is 0 Å². The van der Waals surface area contributed by atoms with Crippen LogP contribution in [0.4, 0.5) is 0 Å². The molecule has 0 saturated heterocycles. The van der Waals surface area contributed by atoms with Crippen LogP contribution >= 0.6 is 0 Å². The van der Waals surface area contributed by atoms with Crippen molar-refractivity contribution < 1.29 is 8.42 Å². The second-order valence-corrected chi connectivity index (χ2v) is 11.7. The zero-order valence-corrected chi connectivity index (χ0v) is 20.6. The Kier molecular flexibility index (Phi) is 4.07. The predicted molar refractivity (Wildman–Crippen MR) is 155 cm³/mol. The van der Waals surface area contributed by atoms with E-state index in [1.807, 2.05) is 18.2 Å². The molecule has 0 N–H and O–H groups in total. The second-order valence-electron chi connectivity index (χ2n) is 9.73. The highest BCUT2D eigenvalue weighted by Crippen LogP contribution is 2.44. The number of benzene rings is 7. The fraction of sp³-hybridized carbons (Fsp3) is 0. The van der Waals surface area contributed by atoms with Gasteiger partial charge in [0.05, 0.1) is 9.79 Å². The van der Waals surface area contributed by atoms with Gasteiger partial charge in [-0.2, -0.15) is 0 Å². The van der Waals surface area contributed by atoms with Gasteiger partial charge in [0.1, 0.15) is 0 Å². The Balaban J connectivity index is 1.72. The highest BCUT2D eigenvalue weighted by Gasteiger charge is 2.21. The lowest BCUT2D eigenvalue weighted by atomic mass is 9.88. The number of hydrogen-bond donors (Lipinski definition) is 0. The summed E-state index contributed by atoms with van der Waals surface area (Å²) in [6.07, 6.45) is 0. The maximum Gasteiger partial charge on any atom is 0.206 e. The Labute approximate surface area is 213 Å². The number of sulfone groups is 1. The summed E-state index contributed by atoms with van der Waals surface area (Å²) >= 11 is 0. The monoisotopic (exact) mass is 492 g/mol. The third-order valence-corrected chi connectivity index (χ3v) is 9.51. The summed E-state index contributed by atoms with van der Waals surface area (Å²) in [5.74, 6) is 0. The van der Waals surface area contributed by atoms with Gasteiger partial charge < -0.3 is 0 Å². The van der Waals surface area contributed by atoms with Gasteiger partial charge in [0.25, 0.3) is 0 Å². The van der Waals surface area contributed by atoms with E-state index in [4.69, 9.17) is 0 Å². The van der Waals surface area contributed by atoms with Crippen molar-refractivity contribution in [1.29, 1.82) is 0 Å². The molecule has 37 heavy (non-hydrogen) atoms. The van der Waals surface area contributed by atoms with Gasteiger partial charge in [-0.25, -0.2) is 8.42 Å². The van der Waals surface area contributed by atoms with Gasteiger partial charge in [-0.3, -0.25) is 0 Å². The molecule has 0 aromatic heterocycles. The summed E-state index contributed by atoms with van der Waals surface area (Å²) in [5.41, 5.74) is 0. The van der Waals surface area contributed by atoms with Gasteiger partial charge in [-0.05, 0) is 88.9 Å². The Morgan fingerprint density at radius 2 is 0.811 bits per heavy atom. The first-order valence-corrected chi connectivity index (χ1v) is 13.8. The maximum atomic E-state index is 13.8. The van der Waals surface area contributed by atoms with Crippen molar-refractivity contribution in [3.63, 3.8) is 0 Å². The summed E-state index contributed by atoms with van der Waals surface area (Å²) in [5, 5.41) is 13.4. The van der Waals surface area contributed by atoms with Crippen molar-refractivity contribution >= 4 is 74.5 Å². The molecule has 8 aromatic rings. The van der Waals surface area contributed by atoms with Gasteiger partial charge >= 0.3 is 0 Å². The summed E-state index contributed by atoms with van der Waals surface area (Å²) in [6, 6.07) is 40.3. The SMILES string of the molecule is O=S(=O)(c1ccccc1)c1cc2ccc3cccc4c5cccc6ccc7cccc(c(c1)c2c34)c7c65. The van der Waals surface area contributed by atoms with Crippen molar-refractivity contribution in [2.24, 2.45) is 0 Å². The number of hydrogen-bond acceptors (Lipinski definition) is 2. The van der Waals surface area contributed by atoms with Crippen LogP contribution in [0.25, 0.3) is 64.6 Å². The fourth-order valence-corrected chi connectivity index (χ4v) is 7.49.